The molecule has 0 aromatic carbocycles. The maximum absolute atomic E-state index is 12.4. The van der Waals surface area contributed by atoms with Crippen molar-refractivity contribution in [3.8, 4) is 0 Å². The van der Waals surface area contributed by atoms with Crippen molar-refractivity contribution in [1.82, 2.24) is 0 Å². The number of hydrogen-bond donors (Lipinski definition) is 0. The lowest BCUT2D eigenvalue weighted by Crippen LogP contribution is -2.30. The molecule has 2 unspecified atom stereocenters. The highest BCUT2D eigenvalue weighted by atomic mass is 19.3. The second-order valence-electron chi connectivity index (χ2n) is 18.0. The fourth-order valence-corrected chi connectivity index (χ4v) is 3.41. The highest BCUT2D eigenvalue weighted by molar-refractivity contribution is 5.78. The first-order valence-electron chi connectivity index (χ1n) is 24.4. The molecule has 2 atom stereocenters. The highest BCUT2D eigenvalue weighted by Gasteiger charge is 2.35. The summed E-state index contributed by atoms with van der Waals surface area (Å²) in [6.45, 7) is 20.4. The molecule has 0 heterocycles. The molecule has 0 radical (unpaired) electrons. The Balaban J connectivity index is -0.000000289. The number of halogens is 10. The fraction of sp³-hybridized carbons (Fsp3) is 0.796. The summed E-state index contributed by atoms with van der Waals surface area (Å²) >= 11 is 0. The van der Waals surface area contributed by atoms with Gasteiger partial charge in [-0.25, -0.2) is 24.0 Å². The van der Waals surface area contributed by atoms with Crippen molar-refractivity contribution in [2.24, 2.45) is 28.1 Å². The van der Waals surface area contributed by atoms with Gasteiger partial charge in [0.15, 0.2) is 0 Å². The third-order valence-corrected chi connectivity index (χ3v) is 10.2. The van der Waals surface area contributed by atoms with Crippen molar-refractivity contribution in [1.29, 1.82) is 0 Å². The standard InChI is InChI=1S/C11H18F2O4.2C10H16F2O4.2C9H14F2O4/c1-5-10(2,3)8(14)16-6-7-17-9(15)11(4,12)13;2*1-4-10(2,3)9(14)16-6-5-15-8(13)7(11)12;2*1-3-6(2)8(12)14-4-5-15-9(13)7(10)11/h5-7H2,1-4H3;2*7H,4-6H2,1-3H3;2*6-7H,3-5H2,1-2H3. The largest absolute Gasteiger partial charge is 0.462 e. The van der Waals surface area contributed by atoms with Crippen LogP contribution in [-0.4, -0.2) is 157 Å². The van der Waals surface area contributed by atoms with E-state index in [1.54, 1.807) is 55.4 Å². The van der Waals surface area contributed by atoms with Gasteiger partial charge >= 0.3 is 91.3 Å². The van der Waals surface area contributed by atoms with Gasteiger partial charge in [0.05, 0.1) is 28.1 Å². The number of hydrogen-bond acceptors (Lipinski definition) is 20. The summed E-state index contributed by atoms with van der Waals surface area (Å²) in [4.78, 5) is 108. The minimum Gasteiger partial charge on any atom is -0.462 e. The zero-order valence-corrected chi connectivity index (χ0v) is 47.0. The molecule has 79 heavy (non-hydrogen) atoms. The molecule has 0 aliphatic carbocycles. The number of carbonyl (C=O) groups is 10. The Morgan fingerprint density at radius 2 is 0.468 bits per heavy atom. The van der Waals surface area contributed by atoms with E-state index >= 15 is 0 Å². The second-order valence-corrected chi connectivity index (χ2v) is 18.0. The van der Waals surface area contributed by atoms with Gasteiger partial charge in [-0.15, -0.1) is 0 Å². The quantitative estimate of drug-likeness (QED) is 0.0282. The van der Waals surface area contributed by atoms with Gasteiger partial charge in [-0.2, -0.15) is 43.9 Å². The fourth-order valence-electron chi connectivity index (χ4n) is 3.41. The lowest BCUT2D eigenvalue weighted by molar-refractivity contribution is -0.173. The molecule has 0 aliphatic heterocycles. The minimum absolute atomic E-state index is 0.193. The number of carbonyl (C=O) groups excluding carboxylic acids is 10. The van der Waals surface area contributed by atoms with Gasteiger partial charge in [0, 0.05) is 6.92 Å². The van der Waals surface area contributed by atoms with Gasteiger partial charge < -0.3 is 47.4 Å². The van der Waals surface area contributed by atoms with Crippen LogP contribution in [0.3, 0.4) is 0 Å². The van der Waals surface area contributed by atoms with Crippen LogP contribution in [0.5, 0.6) is 0 Å². The van der Waals surface area contributed by atoms with Gasteiger partial charge in [-0.05, 0) is 73.6 Å². The average molecular weight is 1180 g/mol. The molecule has 0 N–H and O–H groups in total. The topological polar surface area (TPSA) is 263 Å². The van der Waals surface area contributed by atoms with Crippen LogP contribution in [0.15, 0.2) is 0 Å². The molecule has 0 amide bonds. The maximum atomic E-state index is 12.4. The maximum Gasteiger partial charge on any atom is 0.376 e. The Bertz CT molecular complexity index is 1710. The lowest BCUT2D eigenvalue weighted by Gasteiger charge is -2.20. The summed E-state index contributed by atoms with van der Waals surface area (Å²) in [6.07, 6.45) is -9.52. The smallest absolute Gasteiger partial charge is 0.376 e. The Morgan fingerprint density at radius 3 is 0.620 bits per heavy atom. The third-order valence-electron chi connectivity index (χ3n) is 10.2. The number of ether oxygens (including phenoxy) is 10. The molecule has 0 aromatic rings. The van der Waals surface area contributed by atoms with Crippen molar-refractivity contribution in [2.75, 3.05) is 66.1 Å². The van der Waals surface area contributed by atoms with E-state index in [0.717, 1.165) is 0 Å². The zero-order valence-electron chi connectivity index (χ0n) is 47.0. The van der Waals surface area contributed by atoms with Gasteiger partial charge in [-0.3, -0.25) is 24.0 Å². The Kier molecular flexibility index (Phi) is 45.4. The van der Waals surface area contributed by atoms with Crippen molar-refractivity contribution in [2.45, 2.75) is 161 Å². The molecule has 30 heteroatoms. The predicted octanol–water partition coefficient (Wildman–Crippen LogP) is 8.48. The van der Waals surface area contributed by atoms with Gasteiger partial charge in [0.1, 0.15) is 66.1 Å². The van der Waals surface area contributed by atoms with E-state index < -0.39 is 108 Å². The molecule has 0 bridgehead atoms. The summed E-state index contributed by atoms with van der Waals surface area (Å²) in [7, 11) is 0. The Labute approximate surface area is 453 Å². The van der Waals surface area contributed by atoms with Crippen molar-refractivity contribution >= 4 is 59.7 Å². The first-order valence-corrected chi connectivity index (χ1v) is 24.4. The minimum atomic E-state index is -3.52. The van der Waals surface area contributed by atoms with E-state index in [1.165, 1.54) is 0 Å². The molecule has 20 nitrogen and oxygen atoms in total. The van der Waals surface area contributed by atoms with E-state index in [9.17, 15) is 91.8 Å². The van der Waals surface area contributed by atoms with Crippen LogP contribution in [0.1, 0.15) is 129 Å². The van der Waals surface area contributed by atoms with Crippen LogP contribution in [0.4, 0.5) is 43.9 Å². The third kappa shape index (κ3) is 43.6. The summed E-state index contributed by atoms with van der Waals surface area (Å²) in [5, 5.41) is 0. The Morgan fingerprint density at radius 1 is 0.304 bits per heavy atom. The van der Waals surface area contributed by atoms with Crippen LogP contribution in [-0.2, 0) is 95.3 Å². The molecule has 0 aliphatic rings. The molecule has 0 fully saturated rings. The van der Waals surface area contributed by atoms with Gasteiger partial charge in [-0.1, -0.05) is 48.5 Å². The van der Waals surface area contributed by atoms with Crippen molar-refractivity contribution in [3.63, 3.8) is 0 Å². The van der Waals surface area contributed by atoms with Crippen LogP contribution in [0, 0.1) is 28.1 Å². The molecule has 0 saturated heterocycles. The SMILES string of the molecule is CCC(C)(C)C(=O)OCCOC(=O)C(C)(F)F.CCC(C)(C)C(=O)OCCOC(=O)C(F)F.CCC(C)(C)C(=O)OCCOC(=O)C(F)F.CCC(C)C(=O)OCCOC(=O)C(F)F.CCC(C)C(=O)OCCOC(=O)C(F)F. The molecule has 0 rings (SSSR count). The van der Waals surface area contributed by atoms with Gasteiger partial charge in [0.2, 0.25) is 0 Å². The van der Waals surface area contributed by atoms with Crippen LogP contribution < -0.4 is 0 Å². The normalized spacial score (nSPS) is 11.9. The zero-order chi connectivity index (χ0) is 62.9. The average Bonchev–Trinajstić information content (AvgIpc) is 3.38. The number of rotatable bonds is 30. The van der Waals surface area contributed by atoms with E-state index in [-0.39, 0.29) is 77.9 Å². The molecule has 0 saturated carbocycles. The lowest BCUT2D eigenvalue weighted by atomic mass is 9.91. The number of alkyl halides is 10. The molecule has 464 valence electrons. The van der Waals surface area contributed by atoms with Crippen LogP contribution in [0.2, 0.25) is 0 Å². The second kappa shape index (κ2) is 43.8. The molecular formula is C49H78F10O20. The number of esters is 10. The predicted molar refractivity (Wildman–Crippen MR) is 255 cm³/mol. The van der Waals surface area contributed by atoms with Gasteiger partial charge in [0.25, 0.3) is 0 Å². The van der Waals surface area contributed by atoms with Crippen molar-refractivity contribution < 1.29 is 139 Å². The van der Waals surface area contributed by atoms with Crippen LogP contribution >= 0.6 is 0 Å². The summed E-state index contributed by atoms with van der Waals surface area (Å²) in [6, 6.07) is 0. The van der Waals surface area contributed by atoms with Crippen LogP contribution in [0.25, 0.3) is 0 Å². The first kappa shape index (κ1) is 81.8. The van der Waals surface area contributed by atoms with E-state index in [4.69, 9.17) is 14.2 Å². The monoisotopic (exact) mass is 1180 g/mol. The first-order chi connectivity index (χ1) is 36.2. The summed E-state index contributed by atoms with van der Waals surface area (Å²) in [5.41, 5.74) is -1.86. The Hall–Kier alpha value is -6.00. The highest BCUT2D eigenvalue weighted by Crippen LogP contribution is 2.23. The van der Waals surface area contributed by atoms with E-state index in [2.05, 4.69) is 33.2 Å². The van der Waals surface area contributed by atoms with E-state index in [1.807, 2.05) is 34.6 Å². The van der Waals surface area contributed by atoms with Crippen molar-refractivity contribution in [3.05, 3.63) is 0 Å². The van der Waals surface area contributed by atoms with E-state index in [0.29, 0.717) is 39.0 Å². The molecule has 0 spiro atoms. The molecule has 0 aromatic heterocycles. The summed E-state index contributed by atoms with van der Waals surface area (Å²) < 4.78 is 162. The summed E-state index contributed by atoms with van der Waals surface area (Å²) in [5.74, 6) is -14.2. The molecular weight excluding hydrogens is 1100 g/mol.